The molecule has 0 aliphatic heterocycles. The van der Waals surface area contributed by atoms with E-state index in [1.165, 1.54) is 0 Å². The van der Waals surface area contributed by atoms with Gasteiger partial charge in [-0.25, -0.2) is 0 Å². The molecule has 2 aromatic carbocycles. The lowest BCUT2D eigenvalue weighted by Crippen LogP contribution is -1.99. The fourth-order valence-corrected chi connectivity index (χ4v) is 3.22. The molecule has 2 aromatic rings. The maximum Gasteiger partial charge on any atom is 0.127 e. The van der Waals surface area contributed by atoms with E-state index in [0.717, 1.165) is 22.6 Å². The Morgan fingerprint density at radius 2 is 1.75 bits per heavy atom. The second kappa shape index (κ2) is 6.70. The van der Waals surface area contributed by atoms with Gasteiger partial charge in [0.1, 0.15) is 11.5 Å². The Hall–Kier alpha value is -0.900. The minimum Gasteiger partial charge on any atom is -0.497 e. The number of alkyl halides is 1. The molecule has 2 rings (SSSR count). The van der Waals surface area contributed by atoms with Crippen molar-refractivity contribution in [1.29, 1.82) is 0 Å². The van der Waals surface area contributed by atoms with Crippen LogP contribution < -0.4 is 9.47 Å². The summed E-state index contributed by atoms with van der Waals surface area (Å²) in [5, 5.41) is 1.06. The van der Waals surface area contributed by atoms with Gasteiger partial charge in [0.05, 0.1) is 29.1 Å². The average molecular weight is 376 g/mol. The number of benzene rings is 2. The van der Waals surface area contributed by atoms with Crippen LogP contribution in [0.25, 0.3) is 0 Å². The molecule has 2 nitrogen and oxygen atoms in total. The van der Waals surface area contributed by atoms with Crippen LogP contribution in [0, 0.1) is 0 Å². The predicted molar refractivity (Wildman–Crippen MR) is 86.8 cm³/mol. The van der Waals surface area contributed by atoms with Crippen LogP contribution in [0.4, 0.5) is 0 Å². The zero-order chi connectivity index (χ0) is 14.7. The Bertz CT molecular complexity index is 617. The first-order chi connectivity index (χ1) is 9.58. The first-order valence-electron chi connectivity index (χ1n) is 5.88. The predicted octanol–water partition coefficient (Wildman–Crippen LogP) is 5.49. The highest BCUT2D eigenvalue weighted by Gasteiger charge is 2.19. The Kier molecular flexibility index (Phi) is 5.19. The van der Waals surface area contributed by atoms with Crippen molar-refractivity contribution in [2.45, 2.75) is 4.83 Å². The molecule has 20 heavy (non-hydrogen) atoms. The van der Waals surface area contributed by atoms with Gasteiger partial charge >= 0.3 is 0 Å². The first-order valence-corrected chi connectivity index (χ1v) is 7.55. The van der Waals surface area contributed by atoms with Gasteiger partial charge in [-0.05, 0) is 17.7 Å². The smallest absolute Gasteiger partial charge is 0.127 e. The van der Waals surface area contributed by atoms with Crippen LogP contribution in [0.1, 0.15) is 16.0 Å². The van der Waals surface area contributed by atoms with Crippen molar-refractivity contribution in [2.24, 2.45) is 0 Å². The van der Waals surface area contributed by atoms with Gasteiger partial charge in [-0.1, -0.05) is 57.3 Å². The maximum atomic E-state index is 6.26. The van der Waals surface area contributed by atoms with Crippen molar-refractivity contribution in [2.75, 3.05) is 14.2 Å². The van der Waals surface area contributed by atoms with Crippen LogP contribution in [-0.2, 0) is 0 Å². The van der Waals surface area contributed by atoms with Crippen molar-refractivity contribution in [1.82, 2.24) is 0 Å². The van der Waals surface area contributed by atoms with Crippen LogP contribution >= 0.6 is 39.1 Å². The quantitative estimate of drug-likeness (QED) is 0.657. The van der Waals surface area contributed by atoms with E-state index in [4.69, 9.17) is 32.7 Å². The molecular formula is C15H13BrCl2O2. The van der Waals surface area contributed by atoms with Crippen LogP contribution in [0.3, 0.4) is 0 Å². The first kappa shape index (κ1) is 15.5. The third-order valence-electron chi connectivity index (χ3n) is 2.97. The van der Waals surface area contributed by atoms with E-state index in [-0.39, 0.29) is 4.83 Å². The largest absolute Gasteiger partial charge is 0.497 e. The molecule has 0 aliphatic rings. The van der Waals surface area contributed by atoms with Crippen LogP contribution in [0.2, 0.25) is 10.0 Å². The van der Waals surface area contributed by atoms with E-state index in [0.29, 0.717) is 10.0 Å². The molecule has 106 valence electrons. The standard InChI is InChI=1S/C15H13BrCl2O2/c1-19-9-6-7-10(13(8-9)20-2)14(16)11-4-3-5-12(17)15(11)18/h3-8,14H,1-2H3. The normalized spacial score (nSPS) is 12.1. The van der Waals surface area contributed by atoms with Crippen LogP contribution in [0.5, 0.6) is 11.5 Å². The molecule has 0 N–H and O–H groups in total. The van der Waals surface area contributed by atoms with E-state index < -0.39 is 0 Å². The summed E-state index contributed by atoms with van der Waals surface area (Å²) in [4.78, 5) is -0.116. The third-order valence-corrected chi connectivity index (χ3v) is 4.79. The number of hydrogen-bond acceptors (Lipinski definition) is 2. The Morgan fingerprint density at radius 1 is 1.00 bits per heavy atom. The van der Waals surface area contributed by atoms with Gasteiger partial charge in [-0.3, -0.25) is 0 Å². The van der Waals surface area contributed by atoms with Gasteiger partial charge in [-0.15, -0.1) is 0 Å². The summed E-state index contributed by atoms with van der Waals surface area (Å²) >= 11 is 16.0. The Balaban J connectivity index is 2.47. The van der Waals surface area contributed by atoms with E-state index in [2.05, 4.69) is 15.9 Å². The van der Waals surface area contributed by atoms with Gasteiger partial charge < -0.3 is 9.47 Å². The van der Waals surface area contributed by atoms with Gasteiger partial charge in [0.2, 0.25) is 0 Å². The molecule has 0 saturated carbocycles. The van der Waals surface area contributed by atoms with Crippen molar-refractivity contribution >= 4 is 39.1 Å². The van der Waals surface area contributed by atoms with Crippen molar-refractivity contribution < 1.29 is 9.47 Å². The summed E-state index contributed by atoms with van der Waals surface area (Å²) in [7, 11) is 3.24. The summed E-state index contributed by atoms with van der Waals surface area (Å²) in [6.07, 6.45) is 0. The minimum absolute atomic E-state index is 0.116. The number of rotatable bonds is 4. The summed E-state index contributed by atoms with van der Waals surface area (Å²) < 4.78 is 10.6. The highest BCUT2D eigenvalue weighted by molar-refractivity contribution is 9.09. The second-order valence-electron chi connectivity index (χ2n) is 4.11. The molecule has 0 aliphatic carbocycles. The molecule has 1 atom stereocenters. The fraction of sp³-hybridized carbons (Fsp3) is 0.200. The topological polar surface area (TPSA) is 18.5 Å². The average Bonchev–Trinajstić information content (AvgIpc) is 2.48. The number of methoxy groups -OCH3 is 2. The van der Waals surface area contributed by atoms with Gasteiger partial charge in [0.25, 0.3) is 0 Å². The molecule has 0 heterocycles. The van der Waals surface area contributed by atoms with E-state index in [1.54, 1.807) is 20.3 Å². The summed E-state index contributed by atoms with van der Waals surface area (Å²) in [5.41, 5.74) is 1.85. The van der Waals surface area contributed by atoms with Gasteiger partial charge in [-0.2, -0.15) is 0 Å². The summed E-state index contributed by atoms with van der Waals surface area (Å²) in [6.45, 7) is 0. The number of halogens is 3. The fourth-order valence-electron chi connectivity index (χ4n) is 1.91. The number of ether oxygens (including phenoxy) is 2. The van der Waals surface area contributed by atoms with Crippen molar-refractivity contribution in [3.05, 3.63) is 57.6 Å². The summed E-state index contributed by atoms with van der Waals surface area (Å²) in [6, 6.07) is 11.2. The molecule has 0 saturated heterocycles. The summed E-state index contributed by atoms with van der Waals surface area (Å²) in [5.74, 6) is 1.46. The maximum absolute atomic E-state index is 6.26. The molecular weight excluding hydrogens is 363 g/mol. The van der Waals surface area contributed by atoms with E-state index in [1.807, 2.05) is 30.3 Å². The highest BCUT2D eigenvalue weighted by Crippen LogP contribution is 2.42. The second-order valence-corrected chi connectivity index (χ2v) is 5.81. The zero-order valence-electron chi connectivity index (χ0n) is 11.0. The van der Waals surface area contributed by atoms with Crippen molar-refractivity contribution in [3.63, 3.8) is 0 Å². The minimum atomic E-state index is -0.116. The lowest BCUT2D eigenvalue weighted by Gasteiger charge is -2.17. The van der Waals surface area contributed by atoms with Crippen LogP contribution in [-0.4, -0.2) is 14.2 Å². The van der Waals surface area contributed by atoms with Crippen LogP contribution in [0.15, 0.2) is 36.4 Å². The molecule has 0 fully saturated rings. The zero-order valence-corrected chi connectivity index (χ0v) is 14.1. The number of hydrogen-bond donors (Lipinski definition) is 0. The molecule has 0 spiro atoms. The molecule has 0 radical (unpaired) electrons. The SMILES string of the molecule is COc1ccc(C(Br)c2cccc(Cl)c2Cl)c(OC)c1. The molecule has 1 unspecified atom stereocenters. The highest BCUT2D eigenvalue weighted by atomic mass is 79.9. The Labute approximate surface area is 136 Å². The van der Waals surface area contributed by atoms with E-state index >= 15 is 0 Å². The Morgan fingerprint density at radius 3 is 2.40 bits per heavy atom. The molecule has 0 bridgehead atoms. The molecule has 0 amide bonds. The lowest BCUT2D eigenvalue weighted by molar-refractivity contribution is 0.391. The van der Waals surface area contributed by atoms with Crippen molar-refractivity contribution in [3.8, 4) is 11.5 Å². The monoisotopic (exact) mass is 374 g/mol. The van der Waals surface area contributed by atoms with Gasteiger partial charge in [0.15, 0.2) is 0 Å². The van der Waals surface area contributed by atoms with E-state index in [9.17, 15) is 0 Å². The lowest BCUT2D eigenvalue weighted by atomic mass is 10.0. The van der Waals surface area contributed by atoms with Gasteiger partial charge in [0, 0.05) is 11.6 Å². The third kappa shape index (κ3) is 3.05. The molecule has 0 aromatic heterocycles. The molecule has 5 heteroatoms.